The van der Waals surface area contributed by atoms with Crippen LogP contribution in [0.5, 0.6) is 0 Å². The number of rotatable bonds is 3. The third-order valence-corrected chi connectivity index (χ3v) is 2.68. The van der Waals surface area contributed by atoms with Crippen LogP contribution >= 0.6 is 0 Å². The van der Waals surface area contributed by atoms with Gasteiger partial charge in [-0.25, -0.2) is 9.78 Å². The van der Waals surface area contributed by atoms with Gasteiger partial charge in [-0.15, -0.1) is 5.10 Å². The normalized spacial score (nSPS) is 31.6. The van der Waals surface area contributed by atoms with Gasteiger partial charge in [-0.3, -0.25) is 5.10 Å². The van der Waals surface area contributed by atoms with Crippen molar-refractivity contribution < 1.29 is 29.6 Å². The van der Waals surface area contributed by atoms with Crippen molar-refractivity contribution in [3.05, 3.63) is 11.6 Å². The van der Waals surface area contributed by atoms with Crippen LogP contribution in [0.25, 0.3) is 0 Å². The molecular formula is C9H13N3O6. The third kappa shape index (κ3) is 2.08. The molecule has 2 heterocycles. The van der Waals surface area contributed by atoms with Crippen LogP contribution < -0.4 is 0 Å². The Morgan fingerprint density at radius 3 is 2.78 bits per heavy atom. The number of nitrogens with zero attached hydrogens (tertiary/aromatic N) is 2. The molecule has 1 aliphatic rings. The first-order valence-electron chi connectivity index (χ1n) is 5.21. The Morgan fingerprint density at radius 2 is 2.22 bits per heavy atom. The number of nitrogens with one attached hydrogen (secondary N) is 1. The molecule has 1 aromatic heterocycles. The van der Waals surface area contributed by atoms with Crippen LogP contribution in [-0.4, -0.2) is 68.5 Å². The molecule has 2 rings (SSSR count). The van der Waals surface area contributed by atoms with E-state index in [0.29, 0.717) is 0 Å². The number of aromatic amines is 1. The number of aromatic nitrogens is 3. The predicted molar refractivity (Wildman–Crippen MR) is 54.4 cm³/mol. The highest BCUT2D eigenvalue weighted by atomic mass is 16.6. The van der Waals surface area contributed by atoms with Crippen LogP contribution in [0.4, 0.5) is 0 Å². The average molecular weight is 259 g/mol. The van der Waals surface area contributed by atoms with Crippen molar-refractivity contribution in [3.8, 4) is 0 Å². The Bertz CT molecular complexity index is 436. The van der Waals surface area contributed by atoms with Gasteiger partial charge < -0.3 is 24.8 Å². The van der Waals surface area contributed by atoms with E-state index >= 15 is 0 Å². The van der Waals surface area contributed by atoms with Crippen LogP contribution in [0.15, 0.2) is 0 Å². The zero-order valence-electron chi connectivity index (χ0n) is 9.48. The van der Waals surface area contributed by atoms with Crippen molar-refractivity contribution in [3.63, 3.8) is 0 Å². The van der Waals surface area contributed by atoms with Crippen LogP contribution in [0.2, 0.25) is 0 Å². The molecule has 4 atom stereocenters. The van der Waals surface area contributed by atoms with Gasteiger partial charge in [-0.2, -0.15) is 0 Å². The fourth-order valence-corrected chi connectivity index (χ4v) is 1.71. The van der Waals surface area contributed by atoms with Crippen molar-refractivity contribution in [1.29, 1.82) is 0 Å². The maximum Gasteiger partial charge on any atom is 0.377 e. The summed E-state index contributed by atoms with van der Waals surface area (Å²) in [7, 11) is 1.19. The quantitative estimate of drug-likeness (QED) is 0.446. The lowest BCUT2D eigenvalue weighted by Gasteiger charge is -2.10. The van der Waals surface area contributed by atoms with Gasteiger partial charge in [0.25, 0.3) is 5.82 Å². The average Bonchev–Trinajstić information content (AvgIpc) is 2.96. The molecule has 9 nitrogen and oxygen atoms in total. The fourth-order valence-electron chi connectivity index (χ4n) is 1.71. The van der Waals surface area contributed by atoms with E-state index in [1.54, 1.807) is 0 Å². The Kier molecular flexibility index (Phi) is 3.57. The minimum atomic E-state index is -1.26. The molecule has 0 amide bonds. The Balaban J connectivity index is 2.17. The van der Waals surface area contributed by atoms with E-state index < -0.39 is 37.0 Å². The first-order valence-corrected chi connectivity index (χ1v) is 5.21. The van der Waals surface area contributed by atoms with Gasteiger partial charge in [0.1, 0.15) is 24.4 Å². The maximum absolute atomic E-state index is 11.1. The Labute approximate surface area is 101 Å². The van der Waals surface area contributed by atoms with E-state index in [1.807, 2.05) is 0 Å². The molecule has 0 aromatic carbocycles. The molecule has 0 spiro atoms. The predicted octanol–water partition coefficient (Wildman–Crippen LogP) is -2.25. The van der Waals surface area contributed by atoms with E-state index in [0.717, 1.165) is 0 Å². The number of esters is 1. The smallest absolute Gasteiger partial charge is 0.377 e. The van der Waals surface area contributed by atoms with Gasteiger partial charge >= 0.3 is 5.97 Å². The van der Waals surface area contributed by atoms with Crippen LogP contribution in [-0.2, 0) is 9.47 Å². The SMILES string of the molecule is COC(=O)c1n[nH]c(C2O[C@H](CO)[C@@H](O)[C@H]2O)n1. The van der Waals surface area contributed by atoms with Crippen molar-refractivity contribution >= 4 is 5.97 Å². The highest BCUT2D eigenvalue weighted by Crippen LogP contribution is 2.31. The summed E-state index contributed by atoms with van der Waals surface area (Å²) in [6.45, 7) is -0.438. The largest absolute Gasteiger partial charge is 0.463 e. The van der Waals surface area contributed by atoms with E-state index in [-0.39, 0.29) is 11.6 Å². The van der Waals surface area contributed by atoms with Gasteiger partial charge in [0.05, 0.1) is 13.7 Å². The molecule has 0 saturated carbocycles. The van der Waals surface area contributed by atoms with E-state index in [4.69, 9.17) is 9.84 Å². The van der Waals surface area contributed by atoms with E-state index in [9.17, 15) is 15.0 Å². The van der Waals surface area contributed by atoms with Crippen molar-refractivity contribution in [2.75, 3.05) is 13.7 Å². The molecule has 1 unspecified atom stereocenters. The lowest BCUT2D eigenvalue weighted by atomic mass is 10.1. The topological polar surface area (TPSA) is 138 Å². The molecule has 1 saturated heterocycles. The van der Waals surface area contributed by atoms with E-state index in [2.05, 4.69) is 19.9 Å². The molecule has 1 aliphatic heterocycles. The summed E-state index contributed by atoms with van der Waals surface area (Å²) in [6.07, 6.45) is -4.38. The van der Waals surface area contributed by atoms with E-state index in [1.165, 1.54) is 7.11 Å². The zero-order chi connectivity index (χ0) is 13.3. The van der Waals surface area contributed by atoms with Gasteiger partial charge in [-0.1, -0.05) is 0 Å². The van der Waals surface area contributed by atoms with Gasteiger partial charge in [0, 0.05) is 0 Å². The second-order valence-corrected chi connectivity index (χ2v) is 3.79. The molecule has 0 bridgehead atoms. The summed E-state index contributed by atoms with van der Waals surface area (Å²) in [5, 5.41) is 34.2. The summed E-state index contributed by atoms with van der Waals surface area (Å²) in [5.41, 5.74) is 0. The summed E-state index contributed by atoms with van der Waals surface area (Å²) in [6, 6.07) is 0. The van der Waals surface area contributed by atoms with Gasteiger partial charge in [-0.05, 0) is 0 Å². The van der Waals surface area contributed by atoms with Crippen molar-refractivity contribution in [2.45, 2.75) is 24.4 Å². The number of hydrogen-bond donors (Lipinski definition) is 4. The number of ether oxygens (including phenoxy) is 2. The van der Waals surface area contributed by atoms with Crippen molar-refractivity contribution in [1.82, 2.24) is 15.2 Å². The number of methoxy groups -OCH3 is 1. The number of carbonyl (C=O) groups excluding carboxylic acids is 1. The Hall–Kier alpha value is -1.55. The number of H-pyrrole nitrogens is 1. The lowest BCUT2D eigenvalue weighted by molar-refractivity contribution is -0.0252. The summed E-state index contributed by atoms with van der Waals surface area (Å²) in [5.74, 6) is -0.854. The van der Waals surface area contributed by atoms with Crippen LogP contribution in [0.1, 0.15) is 22.5 Å². The highest BCUT2D eigenvalue weighted by molar-refractivity contribution is 5.84. The molecule has 1 fully saturated rings. The molecule has 18 heavy (non-hydrogen) atoms. The lowest BCUT2D eigenvalue weighted by Crippen LogP contribution is -2.32. The zero-order valence-corrected chi connectivity index (χ0v) is 9.48. The van der Waals surface area contributed by atoms with Crippen LogP contribution in [0.3, 0.4) is 0 Å². The summed E-state index contributed by atoms with van der Waals surface area (Å²) in [4.78, 5) is 14.9. The second-order valence-electron chi connectivity index (χ2n) is 3.79. The molecule has 4 N–H and O–H groups in total. The Morgan fingerprint density at radius 1 is 1.50 bits per heavy atom. The van der Waals surface area contributed by atoms with Crippen molar-refractivity contribution in [2.24, 2.45) is 0 Å². The minimum absolute atomic E-state index is 0.0814. The van der Waals surface area contributed by atoms with Gasteiger partial charge in [0.15, 0.2) is 5.82 Å². The molecule has 100 valence electrons. The number of carbonyl (C=O) groups is 1. The number of hydrogen-bond acceptors (Lipinski definition) is 8. The molecule has 0 aliphatic carbocycles. The minimum Gasteiger partial charge on any atom is -0.463 e. The molecule has 0 radical (unpaired) electrons. The maximum atomic E-state index is 11.1. The first kappa shape index (κ1) is 12.9. The first-order chi connectivity index (χ1) is 8.58. The molecule has 1 aromatic rings. The summed E-state index contributed by atoms with van der Waals surface area (Å²) < 4.78 is 9.64. The summed E-state index contributed by atoms with van der Waals surface area (Å²) >= 11 is 0. The number of aliphatic hydroxyl groups is 3. The van der Waals surface area contributed by atoms with Gasteiger partial charge in [0.2, 0.25) is 0 Å². The third-order valence-electron chi connectivity index (χ3n) is 2.68. The highest BCUT2D eigenvalue weighted by Gasteiger charge is 2.44. The standard InChI is InChI=1S/C9H13N3O6/c1-17-9(16)8-10-7(11-12-8)6-5(15)4(14)3(2-13)18-6/h3-6,13-15H,2H2,1H3,(H,10,11,12)/t3-,4-,5-,6?/m1/s1. The molecule has 9 heteroatoms. The van der Waals surface area contributed by atoms with Crippen LogP contribution in [0, 0.1) is 0 Å². The monoisotopic (exact) mass is 259 g/mol. The molecular weight excluding hydrogens is 246 g/mol. The second kappa shape index (κ2) is 4.98. The number of aliphatic hydroxyl groups excluding tert-OH is 3. The fraction of sp³-hybridized carbons (Fsp3) is 0.667.